The second-order valence-electron chi connectivity index (χ2n) is 6.21. The Labute approximate surface area is 154 Å². The summed E-state index contributed by atoms with van der Waals surface area (Å²) in [7, 11) is 0. The monoisotopic (exact) mass is 345 g/mol. The highest BCUT2D eigenvalue weighted by molar-refractivity contribution is 5.95. The van der Waals surface area contributed by atoms with E-state index in [-0.39, 0.29) is 5.91 Å². The number of amides is 1. The molecule has 4 nitrogen and oxygen atoms in total. The summed E-state index contributed by atoms with van der Waals surface area (Å²) < 4.78 is 0. The second kappa shape index (κ2) is 8.30. The van der Waals surface area contributed by atoms with Crippen LogP contribution in [0.3, 0.4) is 0 Å². The van der Waals surface area contributed by atoms with E-state index in [0.717, 1.165) is 22.5 Å². The SMILES string of the molecule is CCN(Cc1ccccc1)C(=O)c1cncc(Nc2ccccc2C)c1. The Morgan fingerprint density at radius 3 is 2.50 bits per heavy atom. The van der Waals surface area contributed by atoms with Gasteiger partial charge in [-0.2, -0.15) is 0 Å². The van der Waals surface area contributed by atoms with Crippen LogP contribution in [0.25, 0.3) is 0 Å². The lowest BCUT2D eigenvalue weighted by Crippen LogP contribution is -2.30. The van der Waals surface area contributed by atoms with Crippen LogP contribution in [0.1, 0.15) is 28.4 Å². The first-order valence-electron chi connectivity index (χ1n) is 8.78. The van der Waals surface area contributed by atoms with E-state index < -0.39 is 0 Å². The molecule has 26 heavy (non-hydrogen) atoms. The van der Waals surface area contributed by atoms with Crippen LogP contribution in [0.2, 0.25) is 0 Å². The Bertz CT molecular complexity index is 877. The number of anilines is 2. The molecule has 0 aliphatic carbocycles. The van der Waals surface area contributed by atoms with Gasteiger partial charge in [-0.1, -0.05) is 48.5 Å². The zero-order chi connectivity index (χ0) is 18.4. The molecule has 1 aromatic heterocycles. The molecule has 0 bridgehead atoms. The summed E-state index contributed by atoms with van der Waals surface area (Å²) in [6, 6.07) is 19.9. The fourth-order valence-electron chi connectivity index (χ4n) is 2.81. The molecule has 1 N–H and O–H groups in total. The van der Waals surface area contributed by atoms with E-state index in [9.17, 15) is 4.79 Å². The fraction of sp³-hybridized carbons (Fsp3) is 0.182. The molecule has 2 aromatic carbocycles. The van der Waals surface area contributed by atoms with Crippen LogP contribution in [0.4, 0.5) is 11.4 Å². The normalized spacial score (nSPS) is 10.4. The van der Waals surface area contributed by atoms with Crippen molar-refractivity contribution in [1.82, 2.24) is 9.88 Å². The van der Waals surface area contributed by atoms with Gasteiger partial charge in [0.1, 0.15) is 0 Å². The van der Waals surface area contributed by atoms with Gasteiger partial charge in [-0.3, -0.25) is 9.78 Å². The van der Waals surface area contributed by atoms with Gasteiger partial charge in [0.2, 0.25) is 0 Å². The molecule has 0 fully saturated rings. The van der Waals surface area contributed by atoms with Crippen LogP contribution >= 0.6 is 0 Å². The molecule has 0 aliphatic rings. The third-order valence-corrected chi connectivity index (χ3v) is 4.29. The van der Waals surface area contributed by atoms with E-state index in [2.05, 4.69) is 10.3 Å². The molecular weight excluding hydrogens is 322 g/mol. The number of aromatic nitrogens is 1. The summed E-state index contributed by atoms with van der Waals surface area (Å²) in [5.74, 6) is -0.0164. The Hall–Kier alpha value is -3.14. The Morgan fingerprint density at radius 1 is 1.04 bits per heavy atom. The lowest BCUT2D eigenvalue weighted by Gasteiger charge is -2.21. The van der Waals surface area contributed by atoms with Gasteiger partial charge in [0.15, 0.2) is 0 Å². The number of nitrogens with one attached hydrogen (secondary N) is 1. The van der Waals surface area contributed by atoms with Crippen LogP contribution in [-0.2, 0) is 6.54 Å². The molecule has 0 radical (unpaired) electrons. The molecule has 1 heterocycles. The first-order valence-corrected chi connectivity index (χ1v) is 8.78. The minimum atomic E-state index is -0.0164. The third kappa shape index (κ3) is 4.28. The molecule has 3 rings (SSSR count). The van der Waals surface area contributed by atoms with E-state index in [1.165, 1.54) is 0 Å². The highest BCUT2D eigenvalue weighted by Gasteiger charge is 2.15. The lowest BCUT2D eigenvalue weighted by atomic mass is 10.1. The Balaban J connectivity index is 1.77. The standard InChI is InChI=1S/C22H23N3O/c1-3-25(16-18-10-5-4-6-11-18)22(26)19-13-20(15-23-14-19)24-21-12-8-7-9-17(21)2/h4-15,24H,3,16H2,1-2H3. The highest BCUT2D eigenvalue weighted by Crippen LogP contribution is 2.21. The second-order valence-corrected chi connectivity index (χ2v) is 6.21. The minimum Gasteiger partial charge on any atom is -0.354 e. The van der Waals surface area contributed by atoms with Gasteiger partial charge >= 0.3 is 0 Å². The molecule has 1 amide bonds. The predicted octanol–water partition coefficient (Wildman–Crippen LogP) is 4.80. The Kier molecular flexibility index (Phi) is 5.64. The van der Waals surface area contributed by atoms with E-state index >= 15 is 0 Å². The number of aryl methyl sites for hydroxylation is 1. The number of carbonyl (C=O) groups is 1. The summed E-state index contributed by atoms with van der Waals surface area (Å²) in [4.78, 5) is 19.0. The van der Waals surface area contributed by atoms with Crippen molar-refractivity contribution in [3.8, 4) is 0 Å². The van der Waals surface area contributed by atoms with Gasteiger partial charge in [-0.15, -0.1) is 0 Å². The van der Waals surface area contributed by atoms with Crippen LogP contribution in [0, 0.1) is 6.92 Å². The van der Waals surface area contributed by atoms with E-state index in [4.69, 9.17) is 0 Å². The molecule has 0 unspecified atom stereocenters. The fourth-order valence-corrected chi connectivity index (χ4v) is 2.81. The van der Waals surface area contributed by atoms with Crippen molar-refractivity contribution in [2.45, 2.75) is 20.4 Å². The number of hydrogen-bond acceptors (Lipinski definition) is 3. The maximum absolute atomic E-state index is 12.9. The number of rotatable bonds is 6. The van der Waals surface area contributed by atoms with Gasteiger partial charge in [0, 0.05) is 25.0 Å². The van der Waals surface area contributed by atoms with Gasteiger partial charge in [0.05, 0.1) is 17.4 Å². The van der Waals surface area contributed by atoms with Crippen LogP contribution in [0.15, 0.2) is 73.1 Å². The predicted molar refractivity (Wildman–Crippen MR) is 106 cm³/mol. The van der Waals surface area contributed by atoms with Crippen molar-refractivity contribution in [2.24, 2.45) is 0 Å². The Morgan fingerprint density at radius 2 is 1.77 bits per heavy atom. The number of pyridine rings is 1. The number of para-hydroxylation sites is 1. The third-order valence-electron chi connectivity index (χ3n) is 4.29. The molecule has 3 aromatic rings. The number of hydrogen-bond donors (Lipinski definition) is 1. The van der Waals surface area contributed by atoms with Crippen LogP contribution in [-0.4, -0.2) is 22.3 Å². The number of benzene rings is 2. The number of carbonyl (C=O) groups excluding carboxylic acids is 1. The van der Waals surface area contributed by atoms with Crippen molar-refractivity contribution in [1.29, 1.82) is 0 Å². The molecule has 0 atom stereocenters. The summed E-state index contributed by atoms with van der Waals surface area (Å²) in [6.45, 7) is 5.27. The molecule has 132 valence electrons. The minimum absolute atomic E-state index is 0.0164. The maximum atomic E-state index is 12.9. The molecule has 4 heteroatoms. The summed E-state index contributed by atoms with van der Waals surface area (Å²) in [6.07, 6.45) is 3.36. The first-order chi connectivity index (χ1) is 12.7. The van der Waals surface area contributed by atoms with Gasteiger partial charge in [-0.05, 0) is 37.1 Å². The molecule has 0 saturated heterocycles. The average molecular weight is 345 g/mol. The van der Waals surface area contributed by atoms with Gasteiger partial charge in [-0.25, -0.2) is 0 Å². The zero-order valence-electron chi connectivity index (χ0n) is 15.1. The van der Waals surface area contributed by atoms with Crippen molar-refractivity contribution in [3.05, 3.63) is 89.7 Å². The van der Waals surface area contributed by atoms with Crippen LogP contribution < -0.4 is 5.32 Å². The largest absolute Gasteiger partial charge is 0.354 e. The van der Waals surface area contributed by atoms with Gasteiger partial charge in [0.25, 0.3) is 5.91 Å². The molecular formula is C22H23N3O. The molecule has 0 spiro atoms. The van der Waals surface area contributed by atoms with Crippen LogP contribution in [0.5, 0.6) is 0 Å². The van der Waals surface area contributed by atoms with E-state index in [0.29, 0.717) is 18.7 Å². The smallest absolute Gasteiger partial charge is 0.255 e. The maximum Gasteiger partial charge on any atom is 0.255 e. The molecule has 0 saturated carbocycles. The van der Waals surface area contributed by atoms with Gasteiger partial charge < -0.3 is 10.2 Å². The molecule has 0 aliphatic heterocycles. The van der Waals surface area contributed by atoms with E-state index in [1.54, 1.807) is 12.4 Å². The highest BCUT2D eigenvalue weighted by atomic mass is 16.2. The first kappa shape index (κ1) is 17.7. The van der Waals surface area contributed by atoms with Crippen molar-refractivity contribution in [3.63, 3.8) is 0 Å². The quantitative estimate of drug-likeness (QED) is 0.698. The summed E-state index contributed by atoms with van der Waals surface area (Å²) in [5, 5.41) is 3.34. The zero-order valence-corrected chi connectivity index (χ0v) is 15.1. The van der Waals surface area contributed by atoms with Crippen molar-refractivity contribution in [2.75, 3.05) is 11.9 Å². The topological polar surface area (TPSA) is 45.2 Å². The lowest BCUT2D eigenvalue weighted by molar-refractivity contribution is 0.0752. The van der Waals surface area contributed by atoms with E-state index in [1.807, 2.05) is 79.4 Å². The summed E-state index contributed by atoms with van der Waals surface area (Å²) >= 11 is 0. The van der Waals surface area contributed by atoms with Crippen molar-refractivity contribution < 1.29 is 4.79 Å². The average Bonchev–Trinajstić information content (AvgIpc) is 2.68. The summed E-state index contributed by atoms with van der Waals surface area (Å²) in [5.41, 5.74) is 4.66. The number of nitrogens with zero attached hydrogens (tertiary/aromatic N) is 2. The van der Waals surface area contributed by atoms with Crippen molar-refractivity contribution >= 4 is 17.3 Å².